The largest absolute Gasteiger partial charge is 0.495 e. The third kappa shape index (κ3) is 4.06. The summed E-state index contributed by atoms with van der Waals surface area (Å²) >= 11 is 1.36. The molecule has 0 aliphatic rings. The number of methoxy groups -OCH3 is 1. The van der Waals surface area contributed by atoms with Crippen LogP contribution in [-0.2, 0) is 4.79 Å². The minimum absolute atomic E-state index is 0.195. The van der Waals surface area contributed by atoms with Gasteiger partial charge in [-0.05, 0) is 29.6 Å². The maximum absolute atomic E-state index is 12.0. The SMILES string of the molecule is COc1ccc(NC(=O)c2cccs2)cc1NC(=O)CCN. The zero-order valence-corrected chi connectivity index (χ0v) is 12.9. The highest BCUT2D eigenvalue weighted by atomic mass is 32.1. The van der Waals surface area contributed by atoms with Crippen LogP contribution in [0.1, 0.15) is 16.1 Å². The fourth-order valence-electron chi connectivity index (χ4n) is 1.83. The van der Waals surface area contributed by atoms with Crippen molar-refractivity contribution in [2.45, 2.75) is 6.42 Å². The van der Waals surface area contributed by atoms with Crippen LogP contribution in [0.2, 0.25) is 0 Å². The molecule has 0 unspecified atom stereocenters. The van der Waals surface area contributed by atoms with Gasteiger partial charge in [-0.25, -0.2) is 0 Å². The van der Waals surface area contributed by atoms with Crippen molar-refractivity contribution in [2.24, 2.45) is 5.73 Å². The summed E-state index contributed by atoms with van der Waals surface area (Å²) < 4.78 is 5.20. The lowest BCUT2D eigenvalue weighted by molar-refractivity contribution is -0.116. The maximum Gasteiger partial charge on any atom is 0.265 e. The van der Waals surface area contributed by atoms with Gasteiger partial charge in [0.1, 0.15) is 5.75 Å². The van der Waals surface area contributed by atoms with Crippen molar-refractivity contribution in [1.82, 2.24) is 0 Å². The third-order valence-electron chi connectivity index (χ3n) is 2.85. The van der Waals surface area contributed by atoms with Crippen LogP contribution in [-0.4, -0.2) is 25.5 Å². The van der Waals surface area contributed by atoms with Gasteiger partial charge in [0.25, 0.3) is 5.91 Å². The first kappa shape index (κ1) is 16.0. The van der Waals surface area contributed by atoms with E-state index in [1.807, 2.05) is 11.4 Å². The molecule has 0 atom stereocenters. The van der Waals surface area contributed by atoms with E-state index in [0.29, 0.717) is 22.0 Å². The topological polar surface area (TPSA) is 93.5 Å². The van der Waals surface area contributed by atoms with Crippen molar-refractivity contribution < 1.29 is 14.3 Å². The second-order valence-corrected chi connectivity index (χ2v) is 5.38. The molecule has 0 saturated carbocycles. The van der Waals surface area contributed by atoms with Gasteiger partial charge in [0.2, 0.25) is 5.91 Å². The number of carbonyl (C=O) groups excluding carboxylic acids is 2. The summed E-state index contributed by atoms with van der Waals surface area (Å²) in [5.41, 5.74) is 6.42. The van der Waals surface area contributed by atoms with E-state index >= 15 is 0 Å². The number of rotatable bonds is 6. The van der Waals surface area contributed by atoms with Crippen LogP contribution in [0.3, 0.4) is 0 Å². The molecule has 0 aliphatic heterocycles. The van der Waals surface area contributed by atoms with E-state index in [2.05, 4.69) is 10.6 Å². The number of nitrogens with one attached hydrogen (secondary N) is 2. The van der Waals surface area contributed by atoms with Crippen molar-refractivity contribution >= 4 is 34.5 Å². The number of anilines is 2. The molecule has 2 amide bonds. The van der Waals surface area contributed by atoms with E-state index < -0.39 is 0 Å². The van der Waals surface area contributed by atoms with E-state index in [0.717, 1.165) is 0 Å². The maximum atomic E-state index is 12.0. The molecule has 0 fully saturated rings. The molecule has 7 heteroatoms. The van der Waals surface area contributed by atoms with E-state index in [1.165, 1.54) is 18.4 Å². The molecule has 0 bridgehead atoms. The summed E-state index contributed by atoms with van der Waals surface area (Å²) in [6.45, 7) is 0.267. The lowest BCUT2D eigenvalue weighted by Crippen LogP contribution is -2.17. The first-order valence-electron chi connectivity index (χ1n) is 6.67. The zero-order chi connectivity index (χ0) is 15.9. The molecule has 0 spiro atoms. The Kier molecular flexibility index (Phi) is 5.51. The Morgan fingerprint density at radius 1 is 1.27 bits per heavy atom. The summed E-state index contributed by atoms with van der Waals surface area (Å²) in [6, 6.07) is 8.60. The quantitative estimate of drug-likeness (QED) is 0.761. The number of ether oxygens (including phenoxy) is 1. The fourth-order valence-corrected chi connectivity index (χ4v) is 2.45. The molecule has 0 aliphatic carbocycles. The molecule has 116 valence electrons. The number of thiophene rings is 1. The molecule has 1 heterocycles. The minimum atomic E-state index is -0.206. The summed E-state index contributed by atoms with van der Waals surface area (Å²) in [6.07, 6.45) is 0.217. The van der Waals surface area contributed by atoms with E-state index in [9.17, 15) is 9.59 Å². The summed E-state index contributed by atoms with van der Waals surface area (Å²) in [7, 11) is 1.51. The standard InChI is InChI=1S/C15H17N3O3S/c1-21-12-5-4-10(9-11(12)18-14(19)6-7-16)17-15(20)13-3-2-8-22-13/h2-5,8-9H,6-7,16H2,1H3,(H,17,20)(H,18,19). The molecule has 2 rings (SSSR count). The highest BCUT2D eigenvalue weighted by molar-refractivity contribution is 7.12. The lowest BCUT2D eigenvalue weighted by Gasteiger charge is -2.12. The van der Waals surface area contributed by atoms with Crippen molar-refractivity contribution in [3.8, 4) is 5.75 Å². The molecular formula is C15H17N3O3S. The smallest absolute Gasteiger partial charge is 0.265 e. The highest BCUT2D eigenvalue weighted by Gasteiger charge is 2.11. The van der Waals surface area contributed by atoms with Gasteiger partial charge in [0, 0.05) is 18.7 Å². The third-order valence-corrected chi connectivity index (χ3v) is 3.72. The zero-order valence-electron chi connectivity index (χ0n) is 12.1. The number of hydrogen-bond donors (Lipinski definition) is 3. The van der Waals surface area contributed by atoms with Crippen molar-refractivity contribution in [3.63, 3.8) is 0 Å². The van der Waals surface area contributed by atoms with Crippen LogP contribution in [0.4, 0.5) is 11.4 Å². The molecule has 2 aromatic rings. The van der Waals surface area contributed by atoms with E-state index in [4.69, 9.17) is 10.5 Å². The molecule has 1 aromatic heterocycles. The summed E-state index contributed by atoms with van der Waals surface area (Å²) in [4.78, 5) is 24.3. The monoisotopic (exact) mass is 319 g/mol. The summed E-state index contributed by atoms with van der Waals surface area (Å²) in [5.74, 6) is 0.112. The number of benzene rings is 1. The fraction of sp³-hybridized carbons (Fsp3) is 0.200. The number of hydrogen-bond acceptors (Lipinski definition) is 5. The van der Waals surface area contributed by atoms with Gasteiger partial charge in [-0.2, -0.15) is 0 Å². The van der Waals surface area contributed by atoms with Crippen molar-refractivity contribution in [1.29, 1.82) is 0 Å². The van der Waals surface area contributed by atoms with Crippen LogP contribution in [0, 0.1) is 0 Å². The van der Waals surface area contributed by atoms with Crippen LogP contribution >= 0.6 is 11.3 Å². The Morgan fingerprint density at radius 2 is 2.09 bits per heavy atom. The first-order chi connectivity index (χ1) is 10.6. The Morgan fingerprint density at radius 3 is 2.73 bits per heavy atom. The molecule has 6 nitrogen and oxygen atoms in total. The first-order valence-corrected chi connectivity index (χ1v) is 7.55. The second kappa shape index (κ2) is 7.58. The molecule has 1 aromatic carbocycles. The Balaban J connectivity index is 2.15. The van der Waals surface area contributed by atoms with Crippen LogP contribution < -0.4 is 21.1 Å². The predicted octanol–water partition coefficient (Wildman–Crippen LogP) is 2.30. The van der Waals surface area contributed by atoms with Gasteiger partial charge >= 0.3 is 0 Å². The van der Waals surface area contributed by atoms with Gasteiger partial charge in [0.05, 0.1) is 17.7 Å². The Hall–Kier alpha value is -2.38. The minimum Gasteiger partial charge on any atom is -0.495 e. The Bertz CT molecular complexity index is 656. The number of amides is 2. The average molecular weight is 319 g/mol. The van der Waals surface area contributed by atoms with Gasteiger partial charge in [-0.1, -0.05) is 6.07 Å². The van der Waals surface area contributed by atoms with E-state index in [-0.39, 0.29) is 24.8 Å². The predicted molar refractivity (Wildman–Crippen MR) is 87.6 cm³/mol. The van der Waals surface area contributed by atoms with Crippen LogP contribution in [0.25, 0.3) is 0 Å². The number of nitrogens with two attached hydrogens (primary N) is 1. The van der Waals surface area contributed by atoms with Gasteiger partial charge in [0.15, 0.2) is 0 Å². The molecular weight excluding hydrogens is 302 g/mol. The molecule has 0 saturated heterocycles. The van der Waals surface area contributed by atoms with Gasteiger partial charge in [-0.15, -0.1) is 11.3 Å². The normalized spacial score (nSPS) is 10.1. The average Bonchev–Trinajstić information content (AvgIpc) is 3.02. The van der Waals surface area contributed by atoms with Gasteiger partial charge < -0.3 is 21.1 Å². The molecule has 22 heavy (non-hydrogen) atoms. The number of carbonyl (C=O) groups is 2. The summed E-state index contributed by atoms with van der Waals surface area (Å²) in [5, 5.41) is 7.33. The second-order valence-electron chi connectivity index (χ2n) is 4.43. The van der Waals surface area contributed by atoms with Crippen LogP contribution in [0.15, 0.2) is 35.7 Å². The van der Waals surface area contributed by atoms with Crippen molar-refractivity contribution in [2.75, 3.05) is 24.3 Å². The lowest BCUT2D eigenvalue weighted by atomic mass is 10.2. The highest BCUT2D eigenvalue weighted by Crippen LogP contribution is 2.28. The van der Waals surface area contributed by atoms with E-state index in [1.54, 1.807) is 24.3 Å². The van der Waals surface area contributed by atoms with Gasteiger partial charge in [-0.3, -0.25) is 9.59 Å². The van der Waals surface area contributed by atoms with Crippen molar-refractivity contribution in [3.05, 3.63) is 40.6 Å². The molecule has 0 radical (unpaired) electrons. The van der Waals surface area contributed by atoms with Crippen LogP contribution in [0.5, 0.6) is 5.75 Å². The Labute approximate surface area is 132 Å². The molecule has 4 N–H and O–H groups in total.